The molecule has 1 aromatic heterocycles. The molecule has 0 saturated carbocycles. The van der Waals surface area contributed by atoms with Gasteiger partial charge in [-0.25, -0.2) is 9.78 Å². The van der Waals surface area contributed by atoms with Crippen LogP contribution in [0.2, 0.25) is 0 Å². The summed E-state index contributed by atoms with van der Waals surface area (Å²) in [5.41, 5.74) is 2.10. The third kappa shape index (κ3) is 2.48. The van der Waals surface area contributed by atoms with E-state index < -0.39 is 5.97 Å². The second-order valence-corrected chi connectivity index (χ2v) is 4.90. The Balaban J connectivity index is 2.58. The van der Waals surface area contributed by atoms with Gasteiger partial charge in [0.05, 0.1) is 16.6 Å². The molecule has 1 aromatic carbocycles. The normalized spacial score (nSPS) is 12.8. The number of rotatable bonds is 5. The molecule has 2 rings (SSSR count). The van der Waals surface area contributed by atoms with Gasteiger partial charge in [-0.2, -0.15) is 0 Å². The zero-order chi connectivity index (χ0) is 14.0. The molecule has 2 aromatic rings. The summed E-state index contributed by atoms with van der Waals surface area (Å²) in [6.45, 7) is 6.44. The molecule has 1 atom stereocenters. The molecule has 0 radical (unpaired) electrons. The zero-order valence-corrected chi connectivity index (χ0v) is 11.7. The van der Waals surface area contributed by atoms with E-state index in [1.165, 1.54) is 0 Å². The molecule has 0 amide bonds. The number of imidazole rings is 1. The summed E-state index contributed by atoms with van der Waals surface area (Å²) in [6.07, 6.45) is 3.07. The van der Waals surface area contributed by atoms with Crippen molar-refractivity contribution < 1.29 is 9.90 Å². The van der Waals surface area contributed by atoms with Gasteiger partial charge < -0.3 is 9.67 Å². The number of aromatic carboxylic acids is 1. The predicted molar refractivity (Wildman–Crippen MR) is 75.7 cm³/mol. The largest absolute Gasteiger partial charge is 0.478 e. The average Bonchev–Trinajstić information content (AvgIpc) is 2.76. The van der Waals surface area contributed by atoms with Gasteiger partial charge in [0.2, 0.25) is 0 Å². The molecule has 1 unspecified atom stereocenters. The highest BCUT2D eigenvalue weighted by molar-refractivity contribution is 5.92. The number of aromatic nitrogens is 2. The van der Waals surface area contributed by atoms with Crippen LogP contribution in [-0.4, -0.2) is 20.6 Å². The molecule has 1 N–H and O–H groups in total. The smallest absolute Gasteiger partial charge is 0.335 e. The summed E-state index contributed by atoms with van der Waals surface area (Å²) in [6, 6.07) is 5.57. The minimum atomic E-state index is -0.906. The van der Waals surface area contributed by atoms with E-state index in [2.05, 4.69) is 30.3 Å². The summed E-state index contributed by atoms with van der Waals surface area (Å²) < 4.78 is 2.24. The molecule has 1 heterocycles. The summed E-state index contributed by atoms with van der Waals surface area (Å²) in [5, 5.41) is 9.04. The van der Waals surface area contributed by atoms with Gasteiger partial charge in [-0.1, -0.05) is 20.3 Å². The first kappa shape index (κ1) is 13.6. The van der Waals surface area contributed by atoms with Crippen molar-refractivity contribution >= 4 is 17.0 Å². The van der Waals surface area contributed by atoms with Gasteiger partial charge in [0.25, 0.3) is 0 Å². The van der Waals surface area contributed by atoms with Crippen LogP contribution in [-0.2, 0) is 6.42 Å². The summed E-state index contributed by atoms with van der Waals surface area (Å²) >= 11 is 0. The SMILES string of the molecule is CCCC(C)n1c(CC)nc2cc(C(=O)O)ccc21. The van der Waals surface area contributed by atoms with Gasteiger partial charge in [-0.15, -0.1) is 0 Å². The van der Waals surface area contributed by atoms with Gasteiger partial charge in [0, 0.05) is 12.5 Å². The summed E-state index contributed by atoms with van der Waals surface area (Å²) in [7, 11) is 0. The molecule has 0 aliphatic carbocycles. The first-order valence-corrected chi connectivity index (χ1v) is 6.82. The molecule has 0 aliphatic rings. The van der Waals surface area contributed by atoms with Crippen molar-refractivity contribution in [3.63, 3.8) is 0 Å². The Bertz CT molecular complexity index is 601. The van der Waals surface area contributed by atoms with E-state index in [4.69, 9.17) is 5.11 Å². The second kappa shape index (κ2) is 5.43. The lowest BCUT2D eigenvalue weighted by Crippen LogP contribution is -2.08. The van der Waals surface area contributed by atoms with Crippen molar-refractivity contribution in [2.45, 2.75) is 46.1 Å². The maximum atomic E-state index is 11.0. The molecule has 102 valence electrons. The van der Waals surface area contributed by atoms with E-state index in [9.17, 15) is 4.79 Å². The van der Waals surface area contributed by atoms with Crippen molar-refractivity contribution in [3.05, 3.63) is 29.6 Å². The van der Waals surface area contributed by atoms with Crippen molar-refractivity contribution in [3.8, 4) is 0 Å². The van der Waals surface area contributed by atoms with Crippen molar-refractivity contribution in [2.24, 2.45) is 0 Å². The van der Waals surface area contributed by atoms with Crippen LogP contribution in [0.5, 0.6) is 0 Å². The van der Waals surface area contributed by atoms with E-state index >= 15 is 0 Å². The van der Waals surface area contributed by atoms with Crippen molar-refractivity contribution in [1.82, 2.24) is 9.55 Å². The fraction of sp³-hybridized carbons (Fsp3) is 0.467. The molecule has 0 spiro atoms. The highest BCUT2D eigenvalue weighted by atomic mass is 16.4. The first-order chi connectivity index (χ1) is 9.08. The maximum Gasteiger partial charge on any atom is 0.335 e. The Kier molecular flexibility index (Phi) is 3.88. The molecule has 19 heavy (non-hydrogen) atoms. The lowest BCUT2D eigenvalue weighted by atomic mass is 10.1. The molecular weight excluding hydrogens is 240 g/mol. The first-order valence-electron chi connectivity index (χ1n) is 6.82. The van der Waals surface area contributed by atoms with Gasteiger partial charge in [0.15, 0.2) is 0 Å². The van der Waals surface area contributed by atoms with E-state index in [0.29, 0.717) is 11.6 Å². The zero-order valence-electron chi connectivity index (χ0n) is 11.7. The second-order valence-electron chi connectivity index (χ2n) is 4.90. The summed E-state index contributed by atoms with van der Waals surface area (Å²) in [5.74, 6) is 0.120. The molecule has 0 saturated heterocycles. The summed E-state index contributed by atoms with van der Waals surface area (Å²) in [4.78, 5) is 15.6. The number of carboxylic acid groups (broad SMARTS) is 1. The Morgan fingerprint density at radius 3 is 2.74 bits per heavy atom. The van der Waals surface area contributed by atoms with Crippen LogP contribution in [0.1, 0.15) is 55.8 Å². The van der Waals surface area contributed by atoms with Crippen LogP contribution in [0, 0.1) is 0 Å². The lowest BCUT2D eigenvalue weighted by molar-refractivity contribution is 0.0697. The van der Waals surface area contributed by atoms with Crippen LogP contribution in [0.4, 0.5) is 0 Å². The van der Waals surface area contributed by atoms with E-state index in [0.717, 1.165) is 36.1 Å². The van der Waals surface area contributed by atoms with E-state index in [1.54, 1.807) is 12.1 Å². The van der Waals surface area contributed by atoms with Gasteiger partial charge in [-0.05, 0) is 31.5 Å². The van der Waals surface area contributed by atoms with E-state index in [-0.39, 0.29) is 0 Å². The molecule has 0 aliphatic heterocycles. The van der Waals surface area contributed by atoms with E-state index in [1.807, 2.05) is 6.07 Å². The molecular formula is C15H20N2O2. The number of nitrogens with zero attached hydrogens (tertiary/aromatic N) is 2. The predicted octanol–water partition coefficient (Wildman–Crippen LogP) is 3.66. The van der Waals surface area contributed by atoms with Gasteiger partial charge >= 0.3 is 5.97 Å². The lowest BCUT2D eigenvalue weighted by Gasteiger charge is -2.16. The Labute approximate surface area is 113 Å². The third-order valence-corrected chi connectivity index (χ3v) is 3.47. The Hall–Kier alpha value is -1.84. The monoisotopic (exact) mass is 260 g/mol. The minimum Gasteiger partial charge on any atom is -0.478 e. The highest BCUT2D eigenvalue weighted by Gasteiger charge is 2.15. The van der Waals surface area contributed by atoms with Crippen LogP contribution in [0.15, 0.2) is 18.2 Å². The molecule has 0 bridgehead atoms. The minimum absolute atomic E-state index is 0.294. The fourth-order valence-corrected chi connectivity index (χ4v) is 2.57. The van der Waals surface area contributed by atoms with Gasteiger partial charge in [0.1, 0.15) is 5.82 Å². The quantitative estimate of drug-likeness (QED) is 0.892. The fourth-order valence-electron chi connectivity index (χ4n) is 2.57. The van der Waals surface area contributed by atoms with Crippen molar-refractivity contribution in [1.29, 1.82) is 0 Å². The van der Waals surface area contributed by atoms with Crippen LogP contribution in [0.3, 0.4) is 0 Å². The molecule has 4 heteroatoms. The standard InChI is InChI=1S/C15H20N2O2/c1-4-6-10(3)17-13-8-7-11(15(18)19)9-12(13)16-14(17)5-2/h7-10H,4-6H2,1-3H3,(H,18,19). The highest BCUT2D eigenvalue weighted by Crippen LogP contribution is 2.25. The number of aryl methyl sites for hydroxylation is 1. The topological polar surface area (TPSA) is 55.1 Å². The number of hydrogen-bond acceptors (Lipinski definition) is 2. The van der Waals surface area contributed by atoms with Gasteiger partial charge in [-0.3, -0.25) is 0 Å². The van der Waals surface area contributed by atoms with Crippen molar-refractivity contribution in [2.75, 3.05) is 0 Å². The van der Waals surface area contributed by atoms with Crippen LogP contribution < -0.4 is 0 Å². The number of fused-ring (bicyclic) bond motifs is 1. The third-order valence-electron chi connectivity index (χ3n) is 3.47. The maximum absolute atomic E-state index is 11.0. The molecule has 4 nitrogen and oxygen atoms in total. The number of carboxylic acids is 1. The molecule has 0 fully saturated rings. The number of carbonyl (C=O) groups is 1. The van der Waals surface area contributed by atoms with Crippen LogP contribution in [0.25, 0.3) is 11.0 Å². The number of benzene rings is 1. The van der Waals surface area contributed by atoms with Crippen LogP contribution >= 0.6 is 0 Å². The number of hydrogen-bond donors (Lipinski definition) is 1. The average molecular weight is 260 g/mol. The Morgan fingerprint density at radius 1 is 1.42 bits per heavy atom. The Morgan fingerprint density at radius 2 is 2.16 bits per heavy atom.